The van der Waals surface area contributed by atoms with Gasteiger partial charge in [0.1, 0.15) is 5.82 Å². The lowest BCUT2D eigenvalue weighted by Gasteiger charge is -2.35. The van der Waals surface area contributed by atoms with Crippen LogP contribution >= 0.6 is 0 Å². The Bertz CT molecular complexity index is 565. The fourth-order valence-electron chi connectivity index (χ4n) is 2.71. The van der Waals surface area contributed by atoms with E-state index in [2.05, 4.69) is 44.4 Å². The van der Waals surface area contributed by atoms with Crippen LogP contribution in [0.2, 0.25) is 0 Å². The highest BCUT2D eigenvalue weighted by molar-refractivity contribution is 5.60. The smallest absolute Gasteiger partial charge is 0.130 e. The van der Waals surface area contributed by atoms with Crippen molar-refractivity contribution in [3.05, 3.63) is 48.7 Å². The van der Waals surface area contributed by atoms with Gasteiger partial charge in [-0.3, -0.25) is 4.90 Å². The molecule has 0 bridgehead atoms. The molecule has 116 valence electrons. The Morgan fingerprint density at radius 2 is 1.77 bits per heavy atom. The molecule has 1 aliphatic heterocycles. The summed E-state index contributed by atoms with van der Waals surface area (Å²) in [5, 5.41) is 12.3. The summed E-state index contributed by atoms with van der Waals surface area (Å²) in [6, 6.07) is 14.3. The second-order valence-corrected chi connectivity index (χ2v) is 5.44. The Kier molecular flexibility index (Phi) is 4.88. The van der Waals surface area contributed by atoms with Crippen molar-refractivity contribution in [1.82, 2.24) is 9.88 Å². The summed E-state index contributed by atoms with van der Waals surface area (Å²) in [5.41, 5.74) is 2.29. The third-order valence-corrected chi connectivity index (χ3v) is 3.96. The van der Waals surface area contributed by atoms with E-state index in [-0.39, 0.29) is 6.61 Å². The first-order chi connectivity index (χ1) is 10.8. The van der Waals surface area contributed by atoms with E-state index in [4.69, 9.17) is 5.11 Å². The maximum atomic E-state index is 8.99. The van der Waals surface area contributed by atoms with Gasteiger partial charge in [0.25, 0.3) is 0 Å². The predicted molar refractivity (Wildman–Crippen MR) is 89.7 cm³/mol. The van der Waals surface area contributed by atoms with E-state index in [0.29, 0.717) is 0 Å². The van der Waals surface area contributed by atoms with E-state index < -0.39 is 0 Å². The van der Waals surface area contributed by atoms with Crippen molar-refractivity contribution in [3.63, 3.8) is 0 Å². The zero-order valence-corrected chi connectivity index (χ0v) is 12.7. The van der Waals surface area contributed by atoms with E-state index in [1.807, 2.05) is 18.2 Å². The van der Waals surface area contributed by atoms with E-state index in [9.17, 15) is 0 Å². The van der Waals surface area contributed by atoms with Gasteiger partial charge >= 0.3 is 0 Å². The summed E-state index contributed by atoms with van der Waals surface area (Å²) in [4.78, 5) is 8.95. The summed E-state index contributed by atoms with van der Waals surface area (Å²) < 4.78 is 0. The number of β-amino-alcohol motifs (C(OH)–C–C–N with tert-alkyl or cyclic N) is 1. The number of rotatable bonds is 5. The fraction of sp³-hybridized carbons (Fsp3) is 0.353. The van der Waals surface area contributed by atoms with Gasteiger partial charge in [0, 0.05) is 50.3 Å². The van der Waals surface area contributed by atoms with Crippen LogP contribution in [0.25, 0.3) is 0 Å². The van der Waals surface area contributed by atoms with Crippen LogP contribution in [0.5, 0.6) is 0 Å². The number of anilines is 3. The van der Waals surface area contributed by atoms with E-state index in [1.165, 1.54) is 5.69 Å². The quantitative estimate of drug-likeness (QED) is 0.883. The molecule has 1 aliphatic rings. The molecule has 3 rings (SSSR count). The third-order valence-electron chi connectivity index (χ3n) is 3.96. The number of hydrogen-bond donors (Lipinski definition) is 2. The fourth-order valence-corrected chi connectivity index (χ4v) is 2.71. The molecule has 1 fully saturated rings. The van der Waals surface area contributed by atoms with Crippen LogP contribution in [0, 0.1) is 0 Å². The molecule has 1 saturated heterocycles. The Morgan fingerprint density at radius 1 is 1.00 bits per heavy atom. The highest BCUT2D eigenvalue weighted by Crippen LogP contribution is 2.21. The number of piperazine rings is 1. The molecule has 22 heavy (non-hydrogen) atoms. The van der Waals surface area contributed by atoms with Gasteiger partial charge in [0.2, 0.25) is 0 Å². The van der Waals surface area contributed by atoms with Gasteiger partial charge in [-0.1, -0.05) is 6.07 Å². The molecule has 5 heteroatoms. The Hall–Kier alpha value is -2.11. The number of aliphatic hydroxyl groups excluding tert-OH is 1. The first kappa shape index (κ1) is 14.8. The molecule has 0 aliphatic carbocycles. The van der Waals surface area contributed by atoms with Gasteiger partial charge in [-0.15, -0.1) is 0 Å². The number of aromatic nitrogens is 1. The molecular weight excluding hydrogens is 276 g/mol. The van der Waals surface area contributed by atoms with Gasteiger partial charge in [0.15, 0.2) is 0 Å². The molecule has 5 nitrogen and oxygen atoms in total. The van der Waals surface area contributed by atoms with E-state index in [1.54, 1.807) is 6.20 Å². The number of nitrogens with one attached hydrogen (secondary N) is 1. The lowest BCUT2D eigenvalue weighted by atomic mass is 10.2. The van der Waals surface area contributed by atoms with Crippen molar-refractivity contribution in [2.75, 3.05) is 49.5 Å². The van der Waals surface area contributed by atoms with Crippen LogP contribution in [0.3, 0.4) is 0 Å². The lowest BCUT2D eigenvalue weighted by Crippen LogP contribution is -2.47. The molecule has 2 heterocycles. The summed E-state index contributed by atoms with van der Waals surface area (Å²) in [7, 11) is 0. The topological polar surface area (TPSA) is 51.6 Å². The lowest BCUT2D eigenvalue weighted by molar-refractivity contribution is 0.189. The highest BCUT2D eigenvalue weighted by atomic mass is 16.3. The number of hydrogen-bond acceptors (Lipinski definition) is 5. The molecule has 2 aromatic rings. The molecule has 1 aromatic heterocycles. The van der Waals surface area contributed by atoms with Crippen molar-refractivity contribution < 1.29 is 5.11 Å². The average Bonchev–Trinajstić information content (AvgIpc) is 2.58. The largest absolute Gasteiger partial charge is 0.395 e. The Labute approximate surface area is 131 Å². The van der Waals surface area contributed by atoms with Crippen LogP contribution in [-0.2, 0) is 0 Å². The van der Waals surface area contributed by atoms with Crippen LogP contribution in [0.4, 0.5) is 17.2 Å². The van der Waals surface area contributed by atoms with E-state index in [0.717, 1.165) is 44.2 Å². The summed E-state index contributed by atoms with van der Waals surface area (Å²) in [6.07, 6.45) is 1.78. The summed E-state index contributed by atoms with van der Waals surface area (Å²) in [5.74, 6) is 0.855. The molecule has 1 aromatic carbocycles. The summed E-state index contributed by atoms with van der Waals surface area (Å²) in [6.45, 7) is 5.05. The van der Waals surface area contributed by atoms with E-state index >= 15 is 0 Å². The summed E-state index contributed by atoms with van der Waals surface area (Å²) >= 11 is 0. The SMILES string of the molecule is OCCN1CCN(c2ccc(Nc3ccccn3)cc2)CC1. The van der Waals surface area contributed by atoms with Crippen molar-refractivity contribution in [1.29, 1.82) is 0 Å². The van der Waals surface area contributed by atoms with Crippen molar-refractivity contribution >= 4 is 17.2 Å². The maximum Gasteiger partial charge on any atom is 0.130 e. The van der Waals surface area contributed by atoms with Crippen molar-refractivity contribution in [2.24, 2.45) is 0 Å². The van der Waals surface area contributed by atoms with Crippen LogP contribution in [0.15, 0.2) is 48.7 Å². The number of benzene rings is 1. The Balaban J connectivity index is 1.58. The predicted octanol–water partition coefficient (Wildman–Crippen LogP) is 1.94. The van der Waals surface area contributed by atoms with Crippen LogP contribution < -0.4 is 10.2 Å². The first-order valence-corrected chi connectivity index (χ1v) is 7.71. The third kappa shape index (κ3) is 3.75. The average molecular weight is 298 g/mol. The molecule has 0 amide bonds. The zero-order valence-electron chi connectivity index (χ0n) is 12.7. The molecule has 0 radical (unpaired) electrons. The normalized spacial score (nSPS) is 15.8. The zero-order chi connectivity index (χ0) is 15.2. The second-order valence-electron chi connectivity index (χ2n) is 5.44. The van der Waals surface area contributed by atoms with Crippen molar-refractivity contribution in [3.8, 4) is 0 Å². The minimum Gasteiger partial charge on any atom is -0.395 e. The van der Waals surface area contributed by atoms with Crippen LogP contribution in [-0.4, -0.2) is 54.3 Å². The van der Waals surface area contributed by atoms with Gasteiger partial charge < -0.3 is 15.3 Å². The molecule has 0 unspecified atom stereocenters. The van der Waals surface area contributed by atoms with Crippen molar-refractivity contribution in [2.45, 2.75) is 0 Å². The standard InChI is InChI=1S/C17H22N4O/c22-14-13-20-9-11-21(12-10-20)16-6-4-15(5-7-16)19-17-3-1-2-8-18-17/h1-8,22H,9-14H2,(H,18,19). The van der Waals surface area contributed by atoms with Gasteiger partial charge in [-0.05, 0) is 36.4 Å². The Morgan fingerprint density at radius 3 is 2.41 bits per heavy atom. The maximum absolute atomic E-state index is 8.99. The minimum absolute atomic E-state index is 0.244. The number of nitrogens with zero attached hydrogens (tertiary/aromatic N) is 3. The molecule has 0 spiro atoms. The monoisotopic (exact) mass is 298 g/mol. The highest BCUT2D eigenvalue weighted by Gasteiger charge is 2.16. The minimum atomic E-state index is 0.244. The first-order valence-electron chi connectivity index (χ1n) is 7.71. The molecule has 2 N–H and O–H groups in total. The van der Waals surface area contributed by atoms with Gasteiger partial charge in [0.05, 0.1) is 6.61 Å². The number of aliphatic hydroxyl groups is 1. The molecule has 0 atom stereocenters. The molecular formula is C17H22N4O. The van der Waals surface area contributed by atoms with Gasteiger partial charge in [-0.25, -0.2) is 4.98 Å². The van der Waals surface area contributed by atoms with Crippen LogP contribution in [0.1, 0.15) is 0 Å². The van der Waals surface area contributed by atoms with Gasteiger partial charge in [-0.2, -0.15) is 0 Å². The second kappa shape index (κ2) is 7.24. The number of pyridine rings is 1. The molecule has 0 saturated carbocycles.